The van der Waals surface area contributed by atoms with Gasteiger partial charge in [-0.05, 0) is 6.04 Å². The summed E-state index contributed by atoms with van der Waals surface area (Å²) in [6.07, 6.45) is -9.89. The van der Waals surface area contributed by atoms with Crippen molar-refractivity contribution < 1.29 is 57.1 Å². The molecule has 17 heteroatoms. The van der Waals surface area contributed by atoms with E-state index in [0.29, 0.717) is 0 Å². The Morgan fingerprint density at radius 2 is 0.840 bits per heavy atom. The van der Waals surface area contributed by atoms with Gasteiger partial charge in [0.1, 0.15) is 0 Å². The third kappa shape index (κ3) is 3.97. The average molecular weight is 423 g/mol. The molecule has 0 aromatic heterocycles. The molecule has 0 aromatic carbocycles. The van der Waals surface area contributed by atoms with Crippen LogP contribution in [0.25, 0.3) is 0 Å². The van der Waals surface area contributed by atoms with Crippen molar-refractivity contribution in [1.82, 2.24) is 0 Å². The fraction of sp³-hybridized carbons (Fsp3) is 1.00. The van der Waals surface area contributed by atoms with Gasteiger partial charge in [-0.3, -0.25) is 0 Å². The Bertz CT molecular complexity index is 481. The molecule has 0 radical (unpaired) electrons. The van der Waals surface area contributed by atoms with Crippen LogP contribution in [-0.2, 0) is 0 Å². The molecule has 0 aromatic rings. The summed E-state index contributed by atoms with van der Waals surface area (Å²) in [5.41, 5.74) is 0. The normalized spacial score (nSPS) is 16.3. The largest absolute Gasteiger partial charge is 0.460 e. The van der Waals surface area contributed by atoms with E-state index in [1.54, 1.807) is 0 Å². The van der Waals surface area contributed by atoms with Crippen LogP contribution in [0.4, 0.5) is 57.1 Å². The summed E-state index contributed by atoms with van der Waals surface area (Å²) in [5, 5.41) is 14.5. The Labute approximate surface area is 131 Å². The molecule has 0 aliphatic heterocycles. The van der Waals surface area contributed by atoms with Gasteiger partial charge in [-0.25, -0.2) is 0 Å². The Kier molecular flexibility index (Phi) is 5.92. The minimum Gasteiger partial charge on any atom is -0.327 e. The second kappa shape index (κ2) is 6.12. The maximum Gasteiger partial charge on any atom is 0.460 e. The second-order valence-electron chi connectivity index (χ2n) is 5.11. The van der Waals surface area contributed by atoms with Crippen LogP contribution in [0.1, 0.15) is 6.42 Å². The first-order valence-corrected chi connectivity index (χ1v) is 8.22. The summed E-state index contributed by atoms with van der Waals surface area (Å²) in [7, 11) is -4.09. The van der Waals surface area contributed by atoms with Crippen LogP contribution >= 0.6 is 0 Å². The second-order valence-corrected chi connectivity index (χ2v) is 7.84. The van der Waals surface area contributed by atoms with Crippen molar-refractivity contribution in [3.8, 4) is 0 Å². The van der Waals surface area contributed by atoms with Crippen LogP contribution in [0.15, 0.2) is 0 Å². The summed E-state index contributed by atoms with van der Waals surface area (Å²) in [4.78, 5) is 0. The molecule has 3 nitrogen and oxygen atoms in total. The van der Waals surface area contributed by atoms with E-state index in [1.807, 2.05) is 0 Å². The minimum atomic E-state index is -7.91. The van der Waals surface area contributed by atoms with Crippen molar-refractivity contribution in [2.75, 3.05) is 0 Å². The molecular weight excluding hydrogens is 413 g/mol. The number of alkyl halides is 13. The van der Waals surface area contributed by atoms with E-state index >= 15 is 0 Å². The van der Waals surface area contributed by atoms with Crippen LogP contribution in [0.2, 0.25) is 6.04 Å². The third-order valence-corrected chi connectivity index (χ3v) is 3.99. The zero-order chi connectivity index (χ0) is 20.9. The van der Waals surface area contributed by atoms with Crippen LogP contribution in [0, 0.1) is 0 Å². The number of rotatable bonds is 7. The molecule has 25 heavy (non-hydrogen) atoms. The van der Waals surface area contributed by atoms with E-state index < -0.39 is 56.8 Å². The van der Waals surface area contributed by atoms with Gasteiger partial charge < -0.3 is 16.2 Å². The first-order chi connectivity index (χ1) is 10.5. The molecule has 0 aliphatic carbocycles. The highest BCUT2D eigenvalue weighted by molar-refractivity contribution is 6.70. The van der Waals surface area contributed by atoms with Crippen LogP contribution in [0.5, 0.6) is 0 Å². The predicted octanol–water partition coefficient (Wildman–Crippen LogP) is 2.93. The topological polar surface area (TPSA) is 78.1 Å². The molecule has 0 fully saturated rings. The standard InChI is InChI=1S/C8H10F13N3Si/c9-3(10,1-2-25(22,23)24)4(11,12)5(13,14)6(15,16)7(17,18)8(19,20)21/h1-2,22-24H2. The van der Waals surface area contributed by atoms with Gasteiger partial charge in [0, 0.05) is 6.42 Å². The maximum atomic E-state index is 13.2. The molecule has 0 spiro atoms. The van der Waals surface area contributed by atoms with E-state index in [2.05, 4.69) is 0 Å². The molecule has 0 saturated carbocycles. The van der Waals surface area contributed by atoms with E-state index in [9.17, 15) is 57.1 Å². The Hall–Kier alpha value is -0.813. The van der Waals surface area contributed by atoms with Crippen molar-refractivity contribution >= 4 is 8.56 Å². The van der Waals surface area contributed by atoms with Crippen LogP contribution in [-0.4, -0.2) is 44.3 Å². The lowest BCUT2D eigenvalue weighted by molar-refractivity contribution is -0.439. The Morgan fingerprint density at radius 3 is 1.12 bits per heavy atom. The summed E-state index contributed by atoms with van der Waals surface area (Å²) in [6.45, 7) is 0. The number of hydrogen-bond acceptors (Lipinski definition) is 3. The maximum absolute atomic E-state index is 13.2. The van der Waals surface area contributed by atoms with Crippen molar-refractivity contribution in [3.63, 3.8) is 0 Å². The summed E-state index contributed by atoms with van der Waals surface area (Å²) in [6, 6.07) is -1.47. The number of halogens is 13. The molecular formula is C8H10F13N3Si. The lowest BCUT2D eigenvalue weighted by Gasteiger charge is -2.40. The van der Waals surface area contributed by atoms with Gasteiger partial charge in [-0.15, -0.1) is 0 Å². The van der Waals surface area contributed by atoms with Crippen molar-refractivity contribution in [1.29, 1.82) is 0 Å². The highest BCUT2D eigenvalue weighted by Crippen LogP contribution is 2.60. The van der Waals surface area contributed by atoms with Gasteiger partial charge >= 0.3 is 35.8 Å². The van der Waals surface area contributed by atoms with Gasteiger partial charge in [-0.2, -0.15) is 57.1 Å². The molecule has 0 heterocycles. The fourth-order valence-electron chi connectivity index (χ4n) is 1.33. The van der Waals surface area contributed by atoms with E-state index in [-0.39, 0.29) is 0 Å². The van der Waals surface area contributed by atoms with Gasteiger partial charge in [0.25, 0.3) is 8.56 Å². The molecule has 0 aliphatic rings. The zero-order valence-electron chi connectivity index (χ0n) is 11.6. The molecule has 0 bridgehead atoms. The average Bonchev–Trinajstić information content (AvgIpc) is 2.33. The third-order valence-electron chi connectivity index (χ3n) is 2.87. The summed E-state index contributed by atoms with van der Waals surface area (Å²) in [5.74, 6) is -37.0. The first-order valence-electron chi connectivity index (χ1n) is 5.78. The molecule has 0 atom stereocenters. The van der Waals surface area contributed by atoms with Crippen LogP contribution in [0.3, 0.4) is 0 Å². The van der Waals surface area contributed by atoms with Crippen molar-refractivity contribution in [3.05, 3.63) is 0 Å². The van der Waals surface area contributed by atoms with Crippen LogP contribution < -0.4 is 16.2 Å². The van der Waals surface area contributed by atoms with E-state index in [1.165, 1.54) is 0 Å². The van der Waals surface area contributed by atoms with Gasteiger partial charge in [0.2, 0.25) is 0 Å². The van der Waals surface area contributed by atoms with E-state index in [0.717, 1.165) is 0 Å². The molecule has 0 rings (SSSR count). The zero-order valence-corrected chi connectivity index (χ0v) is 12.6. The van der Waals surface area contributed by atoms with Crippen molar-refractivity contribution in [2.45, 2.75) is 48.3 Å². The molecule has 0 unspecified atom stereocenters. The predicted molar refractivity (Wildman–Crippen MR) is 58.5 cm³/mol. The SMILES string of the molecule is N[Si](N)(N)CCC(F)(F)C(F)(F)C(F)(F)C(F)(F)C(F)(F)C(F)(F)F. The smallest absolute Gasteiger partial charge is 0.327 e. The lowest BCUT2D eigenvalue weighted by Crippen LogP contribution is -2.70. The number of nitrogens with two attached hydrogens (primary N) is 3. The number of hydrogen-bond donors (Lipinski definition) is 3. The highest BCUT2D eigenvalue weighted by atomic mass is 28.4. The van der Waals surface area contributed by atoms with Gasteiger partial charge in [-0.1, -0.05) is 0 Å². The molecule has 0 saturated heterocycles. The fourth-order valence-corrected chi connectivity index (χ4v) is 2.08. The first kappa shape index (κ1) is 24.2. The quantitative estimate of drug-likeness (QED) is 0.435. The minimum absolute atomic E-state index is 1.47. The molecule has 0 amide bonds. The van der Waals surface area contributed by atoms with Gasteiger partial charge in [0.05, 0.1) is 0 Å². The van der Waals surface area contributed by atoms with Crippen molar-refractivity contribution in [2.24, 2.45) is 16.2 Å². The molecule has 6 N–H and O–H groups in total. The summed E-state index contributed by atoms with van der Waals surface area (Å²) >= 11 is 0. The van der Waals surface area contributed by atoms with E-state index in [4.69, 9.17) is 16.2 Å². The summed E-state index contributed by atoms with van der Waals surface area (Å²) < 4.78 is 165. The lowest BCUT2D eigenvalue weighted by atomic mass is 9.93. The Balaban J connectivity index is 6.03. The Morgan fingerprint density at radius 1 is 0.520 bits per heavy atom. The molecule has 152 valence electrons. The van der Waals surface area contributed by atoms with Gasteiger partial charge in [0.15, 0.2) is 0 Å². The highest BCUT2D eigenvalue weighted by Gasteiger charge is 2.90. The monoisotopic (exact) mass is 423 g/mol.